The lowest BCUT2D eigenvalue weighted by atomic mass is 11.1. The molecule has 1 heterocycles. The van der Waals surface area contributed by atoms with Gasteiger partial charge in [-0.2, -0.15) is 8.42 Å². The number of guanidine groups is 1. The van der Waals surface area contributed by atoms with Gasteiger partial charge in [-0.1, -0.05) is 0 Å². The summed E-state index contributed by atoms with van der Waals surface area (Å²) in [6, 6.07) is 0. The van der Waals surface area contributed by atoms with Crippen molar-refractivity contribution in [1.82, 2.24) is 0 Å². The molecule has 0 aromatic carbocycles. The van der Waals surface area contributed by atoms with Crippen molar-refractivity contribution in [3.05, 3.63) is 0 Å². The molecule has 15 heavy (non-hydrogen) atoms. The maximum absolute atomic E-state index is 10.00. The van der Waals surface area contributed by atoms with Gasteiger partial charge < -0.3 is 14.3 Å². The molecule has 0 atom stereocenters. The molecule has 88 valence electrons. The van der Waals surface area contributed by atoms with Crippen molar-refractivity contribution in [2.75, 3.05) is 0 Å². The van der Waals surface area contributed by atoms with Crippen LogP contribution in [0.15, 0.2) is 0 Å². The molecule has 0 saturated carbocycles. The highest BCUT2D eigenvalue weighted by Crippen LogP contribution is 2.16. The van der Waals surface area contributed by atoms with Crippen LogP contribution < -0.4 is 16.9 Å². The predicted octanol–water partition coefficient (Wildman–Crippen LogP) is -5.24. The zero-order chi connectivity index (χ0) is 12.3. The number of rotatable bonds is 2. The van der Waals surface area contributed by atoms with Gasteiger partial charge in [-0.05, 0) is 0 Å². The van der Waals surface area contributed by atoms with E-state index in [2.05, 4.69) is 26.6 Å². The highest BCUT2D eigenvalue weighted by Gasteiger charge is 2.54. The average Bonchev–Trinajstić information content (AvgIpc) is 1.75. The van der Waals surface area contributed by atoms with Crippen molar-refractivity contribution in [3.63, 3.8) is 0 Å². The molecule has 0 aromatic rings. The molecule has 1 saturated heterocycles. The van der Waals surface area contributed by atoms with E-state index in [0.717, 1.165) is 0 Å². The van der Waals surface area contributed by atoms with Gasteiger partial charge in [0.2, 0.25) is 0 Å². The molecule has 0 aromatic heterocycles. The Labute approximate surface area is 90.1 Å². The van der Waals surface area contributed by atoms with Crippen LogP contribution in [0, 0.1) is 0 Å². The summed E-state index contributed by atoms with van der Waals surface area (Å²) in [7, 11) is -9.01. The Morgan fingerprint density at radius 3 is 1.93 bits per heavy atom. The number of hydrogen-bond acceptors (Lipinski definition) is 8. The van der Waals surface area contributed by atoms with Crippen LogP contribution in [0.3, 0.4) is 0 Å². The van der Waals surface area contributed by atoms with Crippen molar-refractivity contribution in [1.29, 1.82) is 0 Å². The van der Waals surface area contributed by atoms with Crippen LogP contribution in [-0.2, 0) is 30.5 Å². The van der Waals surface area contributed by atoms with Gasteiger partial charge in [0.15, 0.2) is 10.4 Å². The molecule has 0 unspecified atom stereocenters. The van der Waals surface area contributed by atoms with Gasteiger partial charge in [-0.25, -0.2) is 8.42 Å². The minimum atomic E-state index is -4.94. The second-order valence-corrected chi connectivity index (χ2v) is 6.41. The maximum atomic E-state index is 10.00. The van der Waals surface area contributed by atoms with Crippen molar-refractivity contribution >= 4 is 41.9 Å². The van der Waals surface area contributed by atoms with Crippen molar-refractivity contribution in [2.24, 2.45) is 11.5 Å². The molecule has 11 nitrogen and oxygen atoms in total. The van der Waals surface area contributed by atoms with E-state index < -0.39 is 35.9 Å². The molecule has 1 aliphatic rings. The fourth-order valence-corrected chi connectivity index (χ4v) is 3.53. The standard InChI is InChI=1S/CH5N3.Al.2H2O4S/c2-1(3)4;;2*1-5(2,3)4/h(H5,2,3,4);;2*(H2,1,2,3,4)/q;+3;;/p-3. The first-order valence-electron chi connectivity index (χ1n) is 2.91. The summed E-state index contributed by atoms with van der Waals surface area (Å²) in [5.41, 5.74) is 9.17. The Bertz CT molecular complexity index is 409. The van der Waals surface area contributed by atoms with E-state index in [4.69, 9.17) is 0 Å². The summed E-state index contributed by atoms with van der Waals surface area (Å²) in [6.45, 7) is 0. The van der Waals surface area contributed by atoms with Gasteiger partial charge in [-0.3, -0.25) is 16.9 Å². The SMILES string of the molecule is NC(N)=[NH2+].O=S(=O)([O-])[O][Al]1[O]S(=O)(=O)[O]1. The fraction of sp³-hybridized carbons (Fsp3) is 0. The van der Waals surface area contributed by atoms with Crippen LogP contribution in [-0.4, -0.2) is 42.5 Å². The lowest BCUT2D eigenvalue weighted by molar-refractivity contribution is -0.116. The summed E-state index contributed by atoms with van der Waals surface area (Å²) < 4.78 is 60.4. The third-order valence-electron chi connectivity index (χ3n) is 0.589. The molecular weight excluding hydrogens is 273 g/mol. The molecule has 0 radical (unpaired) electrons. The largest absolute Gasteiger partial charge is 0.953 e. The quantitative estimate of drug-likeness (QED) is 0.144. The van der Waals surface area contributed by atoms with E-state index in [1.807, 2.05) is 0 Å². The zero-order valence-electron chi connectivity index (χ0n) is 6.89. The van der Waals surface area contributed by atoms with E-state index in [9.17, 15) is 21.4 Å². The van der Waals surface area contributed by atoms with Crippen LogP contribution in [0.1, 0.15) is 0 Å². The second-order valence-electron chi connectivity index (χ2n) is 1.89. The Morgan fingerprint density at radius 2 is 1.73 bits per heavy atom. The van der Waals surface area contributed by atoms with Crippen molar-refractivity contribution in [2.45, 2.75) is 0 Å². The summed E-state index contributed by atoms with van der Waals surface area (Å²) in [4.78, 5) is 0. The molecule has 0 aliphatic carbocycles. The minimum absolute atomic E-state index is 0.0833. The first kappa shape index (κ1) is 14.5. The third-order valence-corrected chi connectivity index (χ3v) is 5.30. The summed E-state index contributed by atoms with van der Waals surface area (Å²) in [6.07, 6.45) is 0. The molecule has 0 spiro atoms. The van der Waals surface area contributed by atoms with Gasteiger partial charge in [0.05, 0.1) is 0 Å². The zero-order valence-corrected chi connectivity index (χ0v) is 9.68. The van der Waals surface area contributed by atoms with Gasteiger partial charge in [0.1, 0.15) is 0 Å². The van der Waals surface area contributed by atoms with E-state index in [1.165, 1.54) is 0 Å². The van der Waals surface area contributed by atoms with Crippen molar-refractivity contribution < 1.29 is 36.5 Å². The number of hydrogen-bond donors (Lipinski definition) is 3. The van der Waals surface area contributed by atoms with Crippen molar-refractivity contribution in [3.8, 4) is 0 Å². The molecular formula is CH6AlN3O8S2. The minimum Gasteiger partial charge on any atom is -0.727 e. The topological polar surface area (TPSA) is 197 Å². The van der Waals surface area contributed by atoms with Gasteiger partial charge in [0.25, 0.3) is 0 Å². The molecule has 6 N–H and O–H groups in total. The van der Waals surface area contributed by atoms with Gasteiger partial charge in [0, 0.05) is 0 Å². The summed E-state index contributed by atoms with van der Waals surface area (Å²) in [5.74, 6) is -0.0833. The smallest absolute Gasteiger partial charge is 0.727 e. The molecule has 1 fully saturated rings. The third kappa shape index (κ3) is 8.53. The first-order valence-corrected chi connectivity index (χ1v) is 6.99. The lowest BCUT2D eigenvalue weighted by Gasteiger charge is -2.20. The molecule has 14 heteroatoms. The van der Waals surface area contributed by atoms with Crippen LogP contribution in [0.25, 0.3) is 0 Å². The predicted molar refractivity (Wildman–Crippen MR) is 42.9 cm³/mol. The molecule has 0 bridgehead atoms. The van der Waals surface area contributed by atoms with E-state index in [1.54, 1.807) is 0 Å². The van der Waals surface area contributed by atoms with E-state index in [-0.39, 0.29) is 5.96 Å². The summed E-state index contributed by atoms with van der Waals surface area (Å²) >= 11 is -3.24. The Balaban J connectivity index is 0.000000423. The fourth-order valence-electron chi connectivity index (χ4n) is 0.328. The van der Waals surface area contributed by atoms with Gasteiger partial charge >= 0.3 is 31.5 Å². The van der Waals surface area contributed by atoms with Crippen LogP contribution in [0.5, 0.6) is 0 Å². The van der Waals surface area contributed by atoms with Gasteiger partial charge in [-0.15, -0.1) is 0 Å². The first-order chi connectivity index (χ1) is 6.52. The highest BCUT2D eigenvalue weighted by molar-refractivity contribution is 7.87. The Morgan fingerprint density at radius 1 is 1.40 bits per heavy atom. The Kier molecular flexibility index (Phi) is 4.89. The second kappa shape index (κ2) is 5.05. The van der Waals surface area contributed by atoms with Crippen LogP contribution in [0.2, 0.25) is 0 Å². The maximum Gasteiger partial charge on any atom is 0.953 e. The van der Waals surface area contributed by atoms with Crippen LogP contribution in [0.4, 0.5) is 0 Å². The molecule has 1 aliphatic heterocycles. The average molecular weight is 279 g/mol. The summed E-state index contributed by atoms with van der Waals surface area (Å²) in [5, 5.41) is 4.58. The van der Waals surface area contributed by atoms with Crippen LogP contribution >= 0.6 is 0 Å². The monoisotopic (exact) mass is 279 g/mol. The Hall–Kier alpha value is -0.458. The lowest BCUT2D eigenvalue weighted by Crippen LogP contribution is -2.51. The van der Waals surface area contributed by atoms with E-state index in [0.29, 0.717) is 0 Å². The highest BCUT2D eigenvalue weighted by atomic mass is 32.3. The number of nitrogens with two attached hydrogens (primary N) is 3. The molecule has 0 amide bonds. The normalized spacial score (nSPS) is 18.3. The van der Waals surface area contributed by atoms with E-state index >= 15 is 0 Å². The molecule has 1 rings (SSSR count).